The Balaban J connectivity index is 1.56. The molecule has 0 bridgehead atoms. The number of rotatable bonds is 4. The number of benzene rings is 3. The molecule has 1 aliphatic carbocycles. The molecule has 0 N–H and O–H groups in total. The van der Waals surface area contributed by atoms with Gasteiger partial charge in [-0.05, 0) is 46.4 Å². The van der Waals surface area contributed by atoms with Crippen molar-refractivity contribution in [3.8, 4) is 0 Å². The fourth-order valence-electron chi connectivity index (χ4n) is 3.56. The molecule has 30 heavy (non-hydrogen) atoms. The first-order valence-corrected chi connectivity index (χ1v) is 9.83. The van der Waals surface area contributed by atoms with E-state index in [1.807, 2.05) is 43.3 Å². The summed E-state index contributed by atoms with van der Waals surface area (Å²) in [5.41, 5.74) is 4.21. The largest absolute Gasteiger partial charge is 0.239 e. The average Bonchev–Trinajstić information content (AvgIpc) is 2.76. The molecule has 0 saturated heterocycles. The highest BCUT2D eigenvalue weighted by molar-refractivity contribution is 5.83. The third-order valence-corrected chi connectivity index (χ3v) is 5.26. The van der Waals surface area contributed by atoms with Crippen LogP contribution in [0, 0.1) is 12.7 Å². The van der Waals surface area contributed by atoms with Crippen LogP contribution in [0.15, 0.2) is 84.9 Å². The van der Waals surface area contributed by atoms with Gasteiger partial charge in [-0.1, -0.05) is 91.0 Å². The van der Waals surface area contributed by atoms with Crippen molar-refractivity contribution in [2.45, 2.75) is 19.3 Å². The van der Waals surface area contributed by atoms with Gasteiger partial charge in [-0.15, -0.1) is 0 Å². The van der Waals surface area contributed by atoms with Crippen LogP contribution >= 0.6 is 0 Å². The van der Waals surface area contributed by atoms with Crippen molar-refractivity contribution in [2.75, 3.05) is 0 Å². The van der Waals surface area contributed by atoms with Gasteiger partial charge in [0.2, 0.25) is 0 Å². The number of aryl methyl sites for hydroxylation is 1. The lowest BCUT2D eigenvalue weighted by molar-refractivity contribution is 0.262. The van der Waals surface area contributed by atoms with Crippen LogP contribution in [0.3, 0.4) is 0 Å². The predicted octanol–water partition coefficient (Wildman–Crippen LogP) is 7.46. The van der Waals surface area contributed by atoms with Gasteiger partial charge < -0.3 is 0 Å². The molecule has 3 aromatic rings. The van der Waals surface area contributed by atoms with Crippen molar-refractivity contribution in [1.82, 2.24) is 0 Å². The Morgan fingerprint density at radius 3 is 1.90 bits per heavy atom. The summed E-state index contributed by atoms with van der Waals surface area (Å²) in [5, 5.41) is 0. The zero-order valence-corrected chi connectivity index (χ0v) is 16.5. The average molecular weight is 402 g/mol. The fraction of sp³-hybridized carbons (Fsp3) is 0.111. The number of hydrogen-bond acceptors (Lipinski definition) is 0. The lowest BCUT2D eigenvalue weighted by Crippen LogP contribution is -2.23. The minimum atomic E-state index is -1.73. The monoisotopic (exact) mass is 402 g/mol. The number of halogens is 3. The molecule has 0 fully saturated rings. The Kier molecular flexibility index (Phi) is 5.71. The van der Waals surface area contributed by atoms with Gasteiger partial charge in [0.05, 0.1) is 0 Å². The number of alkyl halides is 2. The molecule has 2 unspecified atom stereocenters. The van der Waals surface area contributed by atoms with Gasteiger partial charge >= 0.3 is 0 Å². The zero-order chi connectivity index (χ0) is 21.1. The molecule has 0 nitrogen and oxygen atoms in total. The van der Waals surface area contributed by atoms with Crippen LogP contribution in [-0.2, 0) is 0 Å². The van der Waals surface area contributed by atoms with E-state index in [1.54, 1.807) is 54.6 Å². The Morgan fingerprint density at radius 2 is 1.30 bits per heavy atom. The SMILES string of the molecule is Cc1ccc(/C=C/c2ccc(C3=CC=C(c4ccccc4)C(F)C3F)cc2)c(F)c1. The Hall–Kier alpha value is -3.33. The Bertz CT molecular complexity index is 1120. The summed E-state index contributed by atoms with van der Waals surface area (Å²) < 4.78 is 43.6. The van der Waals surface area contributed by atoms with Crippen LogP contribution in [0.2, 0.25) is 0 Å². The highest BCUT2D eigenvalue weighted by Gasteiger charge is 2.31. The van der Waals surface area contributed by atoms with Gasteiger partial charge in [0, 0.05) is 5.56 Å². The second-order valence-electron chi connectivity index (χ2n) is 7.39. The van der Waals surface area contributed by atoms with E-state index in [0.29, 0.717) is 27.8 Å². The molecule has 3 aromatic carbocycles. The molecule has 2 atom stereocenters. The van der Waals surface area contributed by atoms with E-state index in [1.165, 1.54) is 6.07 Å². The molecule has 0 aliphatic heterocycles. The van der Waals surface area contributed by atoms with E-state index >= 15 is 0 Å². The third kappa shape index (κ3) is 4.16. The fourth-order valence-corrected chi connectivity index (χ4v) is 3.56. The minimum absolute atomic E-state index is 0.273. The summed E-state index contributed by atoms with van der Waals surface area (Å²) in [6, 6.07) is 21.3. The normalized spacial score (nSPS) is 18.9. The molecule has 3 heteroatoms. The van der Waals surface area contributed by atoms with Gasteiger partial charge in [-0.2, -0.15) is 0 Å². The molecule has 1 aliphatic rings. The Labute approximate surface area is 174 Å². The van der Waals surface area contributed by atoms with Gasteiger partial charge in [0.1, 0.15) is 5.82 Å². The van der Waals surface area contributed by atoms with Crippen molar-refractivity contribution in [2.24, 2.45) is 0 Å². The summed E-state index contributed by atoms with van der Waals surface area (Å²) in [7, 11) is 0. The molecule has 150 valence electrons. The lowest BCUT2D eigenvalue weighted by Gasteiger charge is -2.23. The molecule has 0 radical (unpaired) electrons. The summed E-state index contributed by atoms with van der Waals surface area (Å²) >= 11 is 0. The topological polar surface area (TPSA) is 0 Å². The van der Waals surface area contributed by atoms with E-state index < -0.39 is 12.3 Å². The zero-order valence-electron chi connectivity index (χ0n) is 16.5. The van der Waals surface area contributed by atoms with E-state index in [-0.39, 0.29) is 5.82 Å². The van der Waals surface area contributed by atoms with Gasteiger partial charge in [0.15, 0.2) is 12.3 Å². The van der Waals surface area contributed by atoms with Gasteiger partial charge in [0.25, 0.3) is 0 Å². The lowest BCUT2D eigenvalue weighted by atomic mass is 9.87. The maximum absolute atomic E-state index is 14.9. The van der Waals surface area contributed by atoms with Crippen LogP contribution in [-0.4, -0.2) is 12.3 Å². The Morgan fingerprint density at radius 1 is 0.700 bits per heavy atom. The molecular weight excluding hydrogens is 381 g/mol. The van der Waals surface area contributed by atoms with Crippen molar-refractivity contribution in [3.63, 3.8) is 0 Å². The second kappa shape index (κ2) is 8.58. The first-order chi connectivity index (χ1) is 14.5. The summed E-state index contributed by atoms with van der Waals surface area (Å²) in [4.78, 5) is 0. The molecule has 0 aromatic heterocycles. The van der Waals surface area contributed by atoms with E-state index in [4.69, 9.17) is 0 Å². The highest BCUT2D eigenvalue weighted by atomic mass is 19.2. The second-order valence-corrected chi connectivity index (χ2v) is 7.39. The van der Waals surface area contributed by atoms with Crippen LogP contribution in [0.1, 0.15) is 27.8 Å². The van der Waals surface area contributed by atoms with E-state index in [9.17, 15) is 13.2 Å². The predicted molar refractivity (Wildman–Crippen MR) is 119 cm³/mol. The molecule has 0 spiro atoms. The van der Waals surface area contributed by atoms with Crippen LogP contribution in [0.4, 0.5) is 13.2 Å². The van der Waals surface area contributed by atoms with Gasteiger partial charge in [-0.25, -0.2) is 13.2 Å². The van der Waals surface area contributed by atoms with E-state index in [0.717, 1.165) is 11.1 Å². The van der Waals surface area contributed by atoms with Crippen LogP contribution < -0.4 is 0 Å². The molecule has 0 saturated carbocycles. The van der Waals surface area contributed by atoms with Crippen molar-refractivity contribution in [3.05, 3.63) is 119 Å². The van der Waals surface area contributed by atoms with Gasteiger partial charge in [-0.3, -0.25) is 0 Å². The molecule has 0 heterocycles. The first kappa shape index (κ1) is 20.0. The van der Waals surface area contributed by atoms with E-state index in [2.05, 4.69) is 0 Å². The quantitative estimate of drug-likeness (QED) is 0.397. The standard InChI is InChI=1S/C27H21F3/c1-18-7-11-22(25(28)17-18)14-10-19-8-12-21(13-9-19)24-16-15-23(26(29)27(24)30)20-5-3-2-4-6-20/h2-17,26-27H,1H3/b14-10+. The summed E-state index contributed by atoms with van der Waals surface area (Å²) in [5.74, 6) is -0.273. The number of hydrogen-bond donors (Lipinski definition) is 0. The molecule has 0 amide bonds. The van der Waals surface area contributed by atoms with Crippen LogP contribution in [0.5, 0.6) is 0 Å². The third-order valence-electron chi connectivity index (χ3n) is 5.26. The highest BCUT2D eigenvalue weighted by Crippen LogP contribution is 2.36. The summed E-state index contributed by atoms with van der Waals surface area (Å²) in [6.07, 6.45) is 3.36. The minimum Gasteiger partial charge on any atom is -0.239 e. The van der Waals surface area contributed by atoms with Crippen molar-refractivity contribution >= 4 is 23.3 Å². The maximum Gasteiger partial charge on any atom is 0.161 e. The molecular formula is C27H21F3. The smallest absolute Gasteiger partial charge is 0.161 e. The van der Waals surface area contributed by atoms with Crippen LogP contribution in [0.25, 0.3) is 23.3 Å². The van der Waals surface area contributed by atoms with Crippen molar-refractivity contribution < 1.29 is 13.2 Å². The first-order valence-electron chi connectivity index (χ1n) is 9.83. The number of allylic oxidation sites excluding steroid dienone is 4. The maximum atomic E-state index is 14.9. The van der Waals surface area contributed by atoms with Crippen molar-refractivity contribution in [1.29, 1.82) is 0 Å². The molecule has 4 rings (SSSR count). The summed E-state index contributed by atoms with van der Waals surface area (Å²) in [6.45, 7) is 1.84.